The van der Waals surface area contributed by atoms with Crippen molar-refractivity contribution in [3.8, 4) is 0 Å². The van der Waals surface area contributed by atoms with Gasteiger partial charge in [0, 0.05) is 17.5 Å². The summed E-state index contributed by atoms with van der Waals surface area (Å²) in [6.07, 6.45) is 9.61. The Bertz CT molecular complexity index is 435. The largest absolute Gasteiger partial charge is 0.273 e. The molecule has 0 aromatic heterocycles. The second-order valence-electron chi connectivity index (χ2n) is 3.30. The summed E-state index contributed by atoms with van der Waals surface area (Å²) in [5.74, 6) is 0.0107. The summed E-state index contributed by atoms with van der Waals surface area (Å²) < 4.78 is 0. The van der Waals surface area contributed by atoms with E-state index in [4.69, 9.17) is 0 Å². The van der Waals surface area contributed by atoms with Gasteiger partial charge in [0.05, 0.1) is 4.92 Å². The zero-order valence-electron chi connectivity index (χ0n) is 8.04. The number of allylic oxidation sites excluding steroid dienone is 4. The van der Waals surface area contributed by atoms with Crippen LogP contribution in [0.1, 0.15) is 11.5 Å². The van der Waals surface area contributed by atoms with Crippen molar-refractivity contribution in [2.75, 3.05) is 0 Å². The number of nitro groups is 1. The molecule has 0 heterocycles. The topological polar surface area (TPSA) is 43.1 Å². The third-order valence-electron chi connectivity index (χ3n) is 2.35. The molecule has 0 amide bonds. The molecule has 1 radical (unpaired) electrons. The molecule has 2 rings (SSSR count). The van der Waals surface area contributed by atoms with Crippen LogP contribution in [0.15, 0.2) is 48.6 Å². The van der Waals surface area contributed by atoms with E-state index in [1.54, 1.807) is 12.1 Å². The molecule has 1 aliphatic rings. The van der Waals surface area contributed by atoms with Crippen LogP contribution in [0, 0.1) is 16.5 Å². The molecular weight excluding hydrogens is 190 g/mol. The number of nitrogens with zero attached hydrogens (tertiary/aromatic N) is 1. The van der Waals surface area contributed by atoms with Crippen LogP contribution in [0.4, 0.5) is 5.69 Å². The minimum absolute atomic E-state index is 0.0107. The lowest BCUT2D eigenvalue weighted by atomic mass is 9.91. The first-order valence-corrected chi connectivity index (χ1v) is 4.70. The van der Waals surface area contributed by atoms with Crippen LogP contribution in [0.5, 0.6) is 0 Å². The van der Waals surface area contributed by atoms with E-state index >= 15 is 0 Å². The molecule has 3 nitrogen and oxygen atoms in total. The van der Waals surface area contributed by atoms with Crippen LogP contribution < -0.4 is 0 Å². The molecule has 1 aliphatic carbocycles. The summed E-state index contributed by atoms with van der Waals surface area (Å²) in [6.45, 7) is 0. The molecule has 0 saturated carbocycles. The van der Waals surface area contributed by atoms with Crippen molar-refractivity contribution in [2.24, 2.45) is 0 Å². The van der Waals surface area contributed by atoms with Crippen LogP contribution in [-0.2, 0) is 0 Å². The third kappa shape index (κ3) is 1.96. The Hall–Kier alpha value is -1.90. The minimum atomic E-state index is -0.338. The molecule has 0 bridgehead atoms. The first kappa shape index (κ1) is 9.65. The molecule has 0 aliphatic heterocycles. The molecule has 1 atom stereocenters. The molecule has 0 spiro atoms. The van der Waals surface area contributed by atoms with Crippen molar-refractivity contribution in [1.82, 2.24) is 0 Å². The molecule has 15 heavy (non-hydrogen) atoms. The maximum absolute atomic E-state index is 10.8. The molecule has 1 aromatic carbocycles. The number of hydrogen-bond acceptors (Lipinski definition) is 2. The standard InChI is InChI=1S/C12H10NO2/c14-13(15)12-9-5-4-8-11(12)10-6-2-1-3-7-10/h1-10H. The fraction of sp³-hybridized carbons (Fsp3) is 0.0833. The number of benzene rings is 1. The number of para-hydroxylation sites is 1. The van der Waals surface area contributed by atoms with E-state index in [2.05, 4.69) is 0 Å². The van der Waals surface area contributed by atoms with Crippen LogP contribution in [0.3, 0.4) is 0 Å². The van der Waals surface area contributed by atoms with Gasteiger partial charge in [-0.2, -0.15) is 0 Å². The van der Waals surface area contributed by atoms with E-state index in [0.29, 0.717) is 0 Å². The highest BCUT2D eigenvalue weighted by molar-refractivity contribution is 5.47. The normalized spacial score (nSPS) is 19.1. The van der Waals surface area contributed by atoms with Gasteiger partial charge < -0.3 is 0 Å². The number of hydrogen-bond donors (Lipinski definition) is 0. The maximum Gasteiger partial charge on any atom is 0.273 e. The van der Waals surface area contributed by atoms with Gasteiger partial charge in [-0.25, -0.2) is 0 Å². The molecular formula is C12H10NO2. The van der Waals surface area contributed by atoms with Crippen molar-refractivity contribution in [3.63, 3.8) is 0 Å². The van der Waals surface area contributed by atoms with Gasteiger partial charge in [0.25, 0.3) is 5.69 Å². The van der Waals surface area contributed by atoms with Crippen molar-refractivity contribution in [3.05, 3.63) is 70.7 Å². The quantitative estimate of drug-likeness (QED) is 0.544. The fourth-order valence-corrected chi connectivity index (χ4v) is 1.64. The molecule has 0 saturated heterocycles. The summed E-state index contributed by atoms with van der Waals surface area (Å²) in [4.78, 5) is 10.5. The fourth-order valence-electron chi connectivity index (χ4n) is 1.64. The highest BCUT2D eigenvalue weighted by Crippen LogP contribution is 2.30. The molecule has 0 fully saturated rings. The number of rotatable bonds is 2. The summed E-state index contributed by atoms with van der Waals surface area (Å²) in [5, 5.41) is 10.8. The van der Waals surface area contributed by atoms with Crippen molar-refractivity contribution < 1.29 is 4.92 Å². The van der Waals surface area contributed by atoms with Gasteiger partial charge >= 0.3 is 0 Å². The third-order valence-corrected chi connectivity index (χ3v) is 2.35. The highest BCUT2D eigenvalue weighted by atomic mass is 16.6. The Morgan fingerprint density at radius 3 is 2.60 bits per heavy atom. The Labute approximate surface area is 87.9 Å². The van der Waals surface area contributed by atoms with Gasteiger partial charge in [-0.3, -0.25) is 10.1 Å². The Morgan fingerprint density at radius 2 is 1.93 bits per heavy atom. The highest BCUT2D eigenvalue weighted by Gasteiger charge is 2.19. The minimum Gasteiger partial charge on any atom is -0.258 e. The van der Waals surface area contributed by atoms with Gasteiger partial charge in [0.1, 0.15) is 0 Å². The average Bonchev–Trinajstić information content (AvgIpc) is 2.30. The predicted octanol–water partition coefficient (Wildman–Crippen LogP) is 3.01. The van der Waals surface area contributed by atoms with Gasteiger partial charge in [0.2, 0.25) is 0 Å². The van der Waals surface area contributed by atoms with Crippen LogP contribution in [-0.4, -0.2) is 4.92 Å². The van der Waals surface area contributed by atoms with Gasteiger partial charge in [-0.15, -0.1) is 0 Å². The first-order valence-electron chi connectivity index (χ1n) is 4.70. The van der Waals surface area contributed by atoms with E-state index in [0.717, 1.165) is 5.56 Å². The van der Waals surface area contributed by atoms with Crippen LogP contribution >= 0.6 is 0 Å². The molecule has 75 valence electrons. The Kier molecular flexibility index (Phi) is 2.63. The smallest absolute Gasteiger partial charge is 0.258 e. The lowest BCUT2D eigenvalue weighted by Crippen LogP contribution is -2.01. The SMILES string of the molecule is O=[N+]([O-])c1ccccc1C1[CH]C=CC=C1. The van der Waals surface area contributed by atoms with Crippen LogP contribution in [0.25, 0.3) is 0 Å². The van der Waals surface area contributed by atoms with Crippen molar-refractivity contribution in [2.45, 2.75) is 5.92 Å². The zero-order valence-corrected chi connectivity index (χ0v) is 8.04. The second-order valence-corrected chi connectivity index (χ2v) is 3.30. The summed E-state index contributed by atoms with van der Waals surface area (Å²) >= 11 is 0. The lowest BCUT2D eigenvalue weighted by molar-refractivity contribution is -0.385. The lowest BCUT2D eigenvalue weighted by Gasteiger charge is -2.12. The summed E-state index contributed by atoms with van der Waals surface area (Å²) in [5.41, 5.74) is 0.918. The summed E-state index contributed by atoms with van der Waals surface area (Å²) in [6, 6.07) is 6.84. The average molecular weight is 200 g/mol. The van der Waals surface area contributed by atoms with Crippen molar-refractivity contribution >= 4 is 5.69 Å². The van der Waals surface area contributed by atoms with E-state index in [1.807, 2.05) is 36.8 Å². The summed E-state index contributed by atoms with van der Waals surface area (Å²) in [7, 11) is 0. The number of nitro benzene ring substituents is 1. The first-order chi connectivity index (χ1) is 7.29. The zero-order chi connectivity index (χ0) is 10.7. The van der Waals surface area contributed by atoms with E-state index in [-0.39, 0.29) is 16.5 Å². The molecule has 1 unspecified atom stereocenters. The van der Waals surface area contributed by atoms with E-state index < -0.39 is 0 Å². The molecule has 1 aromatic rings. The monoisotopic (exact) mass is 200 g/mol. The van der Waals surface area contributed by atoms with Gasteiger partial charge in [-0.05, 0) is 6.42 Å². The van der Waals surface area contributed by atoms with E-state index in [9.17, 15) is 10.1 Å². The molecule has 3 heteroatoms. The van der Waals surface area contributed by atoms with Gasteiger partial charge in [0.15, 0.2) is 0 Å². The second kappa shape index (κ2) is 4.09. The van der Waals surface area contributed by atoms with E-state index in [1.165, 1.54) is 6.07 Å². The van der Waals surface area contributed by atoms with Crippen molar-refractivity contribution in [1.29, 1.82) is 0 Å². The Balaban J connectivity index is 2.39. The molecule has 0 N–H and O–H groups in total. The Morgan fingerprint density at radius 1 is 1.13 bits per heavy atom. The maximum atomic E-state index is 10.8. The van der Waals surface area contributed by atoms with Gasteiger partial charge in [-0.1, -0.05) is 42.5 Å². The van der Waals surface area contributed by atoms with Crippen LogP contribution in [0.2, 0.25) is 0 Å². The predicted molar refractivity (Wildman–Crippen MR) is 58.4 cm³/mol.